The Kier molecular flexibility index (Phi) is 5.14. The number of nitrogens with zero attached hydrogens (tertiary/aromatic N) is 3. The van der Waals surface area contributed by atoms with Crippen LogP contribution in [0.1, 0.15) is 17.7 Å². The van der Waals surface area contributed by atoms with Crippen molar-refractivity contribution in [3.63, 3.8) is 0 Å². The zero-order chi connectivity index (χ0) is 23.8. The Balaban J connectivity index is 1.27. The monoisotopic (exact) mass is 467 g/mol. The van der Waals surface area contributed by atoms with Gasteiger partial charge in [0.25, 0.3) is 11.5 Å². The SMILES string of the molecule is O=C(COc1ccc2ccccc2c1)Nc1cc(-c2ccco2)nn1-c1nc2c(c(=O)[nH]1)CCC2. The standard InChI is InChI=1S/C26H21N5O4/c32-24(15-35-18-11-10-16-5-1-2-6-17(16)13-18)28-23-14-21(22-9-4-12-34-22)30-31(23)26-27-20-8-3-7-19(20)25(33)29-26/h1-2,4-6,9-14H,3,7-8,15H2,(H,28,32)(H,27,29,33). The summed E-state index contributed by atoms with van der Waals surface area (Å²) in [5, 5.41) is 9.47. The average molecular weight is 467 g/mol. The van der Waals surface area contributed by atoms with Crippen LogP contribution in [0.15, 0.2) is 76.1 Å². The molecule has 0 fully saturated rings. The van der Waals surface area contributed by atoms with Gasteiger partial charge in [-0.3, -0.25) is 14.6 Å². The van der Waals surface area contributed by atoms with Crippen molar-refractivity contribution in [1.29, 1.82) is 0 Å². The lowest BCUT2D eigenvalue weighted by Crippen LogP contribution is -2.24. The molecule has 35 heavy (non-hydrogen) atoms. The van der Waals surface area contributed by atoms with Crippen LogP contribution in [0.5, 0.6) is 5.75 Å². The molecule has 1 aliphatic carbocycles. The fraction of sp³-hybridized carbons (Fsp3) is 0.154. The minimum Gasteiger partial charge on any atom is -0.484 e. The second-order valence-corrected chi connectivity index (χ2v) is 8.32. The first-order valence-corrected chi connectivity index (χ1v) is 11.3. The molecule has 174 valence electrons. The lowest BCUT2D eigenvalue weighted by Gasteiger charge is -2.10. The Morgan fingerprint density at radius 2 is 1.97 bits per heavy atom. The van der Waals surface area contributed by atoms with Gasteiger partial charge in [0, 0.05) is 11.6 Å². The van der Waals surface area contributed by atoms with Gasteiger partial charge < -0.3 is 14.5 Å². The predicted molar refractivity (Wildman–Crippen MR) is 130 cm³/mol. The molecule has 9 nitrogen and oxygen atoms in total. The minimum atomic E-state index is -0.381. The highest BCUT2D eigenvalue weighted by Crippen LogP contribution is 2.25. The molecule has 9 heteroatoms. The number of amides is 1. The van der Waals surface area contributed by atoms with E-state index in [9.17, 15) is 9.59 Å². The summed E-state index contributed by atoms with van der Waals surface area (Å²) >= 11 is 0. The fourth-order valence-corrected chi connectivity index (χ4v) is 4.29. The van der Waals surface area contributed by atoms with Crippen LogP contribution in [-0.4, -0.2) is 32.3 Å². The van der Waals surface area contributed by atoms with E-state index in [4.69, 9.17) is 9.15 Å². The molecule has 3 aromatic heterocycles. The van der Waals surface area contributed by atoms with Crippen LogP contribution in [-0.2, 0) is 17.6 Å². The molecule has 0 unspecified atom stereocenters. The van der Waals surface area contributed by atoms with Gasteiger partial charge in [0.2, 0.25) is 5.95 Å². The molecule has 1 amide bonds. The first-order valence-electron chi connectivity index (χ1n) is 11.3. The van der Waals surface area contributed by atoms with Gasteiger partial charge in [0.1, 0.15) is 17.3 Å². The largest absolute Gasteiger partial charge is 0.484 e. The maximum absolute atomic E-state index is 12.8. The third-order valence-corrected chi connectivity index (χ3v) is 5.97. The van der Waals surface area contributed by atoms with Crippen LogP contribution in [0.3, 0.4) is 0 Å². The van der Waals surface area contributed by atoms with E-state index in [1.165, 1.54) is 4.68 Å². The molecule has 0 atom stereocenters. The number of H-pyrrole nitrogens is 1. The Hall–Kier alpha value is -4.66. The zero-order valence-corrected chi connectivity index (χ0v) is 18.7. The van der Waals surface area contributed by atoms with E-state index >= 15 is 0 Å². The molecule has 6 rings (SSSR count). The van der Waals surface area contributed by atoms with Crippen LogP contribution in [0.2, 0.25) is 0 Å². The summed E-state index contributed by atoms with van der Waals surface area (Å²) in [6, 6.07) is 18.8. The third-order valence-electron chi connectivity index (χ3n) is 5.97. The van der Waals surface area contributed by atoms with Crippen LogP contribution >= 0.6 is 0 Å². The number of rotatable bonds is 6. The Labute approximate surface area is 199 Å². The molecule has 2 aromatic carbocycles. The summed E-state index contributed by atoms with van der Waals surface area (Å²) in [4.78, 5) is 32.7. The van der Waals surface area contributed by atoms with Gasteiger partial charge in [-0.25, -0.2) is 4.98 Å². The van der Waals surface area contributed by atoms with Crippen molar-refractivity contribution >= 4 is 22.5 Å². The molecule has 3 heterocycles. The van der Waals surface area contributed by atoms with Crippen LogP contribution in [0.4, 0.5) is 5.82 Å². The molecular weight excluding hydrogens is 446 g/mol. The Morgan fingerprint density at radius 1 is 1.09 bits per heavy atom. The second kappa shape index (κ2) is 8.60. The average Bonchev–Trinajstić information content (AvgIpc) is 3.63. The number of benzene rings is 2. The van der Waals surface area contributed by atoms with Gasteiger partial charge in [-0.1, -0.05) is 30.3 Å². The number of aryl methyl sites for hydroxylation is 1. The molecule has 2 N–H and O–H groups in total. The quantitative estimate of drug-likeness (QED) is 0.392. The van der Waals surface area contributed by atoms with E-state index in [0.29, 0.717) is 35.0 Å². The van der Waals surface area contributed by atoms with E-state index in [2.05, 4.69) is 20.4 Å². The van der Waals surface area contributed by atoms with Crippen molar-refractivity contribution in [2.24, 2.45) is 0 Å². The molecule has 0 spiro atoms. The van der Waals surface area contributed by atoms with Crippen molar-refractivity contribution in [1.82, 2.24) is 19.7 Å². The number of furan rings is 1. The molecule has 0 aliphatic heterocycles. The lowest BCUT2D eigenvalue weighted by molar-refractivity contribution is -0.118. The maximum atomic E-state index is 12.8. The van der Waals surface area contributed by atoms with Crippen LogP contribution < -0.4 is 15.6 Å². The Bertz CT molecular complexity index is 1600. The maximum Gasteiger partial charge on any atom is 0.263 e. The summed E-state index contributed by atoms with van der Waals surface area (Å²) in [6.07, 6.45) is 3.88. The summed E-state index contributed by atoms with van der Waals surface area (Å²) in [7, 11) is 0. The van der Waals surface area contributed by atoms with Gasteiger partial charge >= 0.3 is 0 Å². The number of nitrogens with one attached hydrogen (secondary N) is 2. The number of carbonyl (C=O) groups is 1. The number of anilines is 1. The van der Waals surface area contributed by atoms with Gasteiger partial charge in [0.05, 0.1) is 12.0 Å². The highest BCUT2D eigenvalue weighted by Gasteiger charge is 2.21. The van der Waals surface area contributed by atoms with Crippen LogP contribution in [0, 0.1) is 0 Å². The first kappa shape index (κ1) is 20.9. The highest BCUT2D eigenvalue weighted by atomic mass is 16.5. The third kappa shape index (κ3) is 4.08. The first-order chi connectivity index (χ1) is 17.1. The topological polar surface area (TPSA) is 115 Å². The summed E-state index contributed by atoms with van der Waals surface area (Å²) in [5.41, 5.74) is 1.77. The smallest absolute Gasteiger partial charge is 0.263 e. The molecule has 0 saturated heterocycles. The Morgan fingerprint density at radius 3 is 2.83 bits per heavy atom. The van der Waals surface area contributed by atoms with E-state index in [1.807, 2.05) is 42.5 Å². The number of carbonyl (C=O) groups excluding carboxylic acids is 1. The van der Waals surface area contributed by atoms with Crippen molar-refractivity contribution < 1.29 is 13.9 Å². The van der Waals surface area contributed by atoms with Crippen molar-refractivity contribution in [2.75, 3.05) is 11.9 Å². The number of aromatic nitrogens is 4. The number of aromatic amines is 1. The van der Waals surface area contributed by atoms with E-state index < -0.39 is 0 Å². The molecular formula is C26H21N5O4. The number of hydrogen-bond donors (Lipinski definition) is 2. The molecule has 5 aromatic rings. The van der Waals surface area contributed by atoms with Gasteiger partial charge in [-0.05, 0) is 54.3 Å². The van der Waals surface area contributed by atoms with Crippen molar-refractivity contribution in [3.05, 3.63) is 88.5 Å². The molecule has 0 bridgehead atoms. The molecule has 1 aliphatic rings. The van der Waals surface area contributed by atoms with Gasteiger partial charge in [-0.15, -0.1) is 0 Å². The van der Waals surface area contributed by atoms with Crippen molar-refractivity contribution in [2.45, 2.75) is 19.3 Å². The van der Waals surface area contributed by atoms with Crippen LogP contribution in [0.25, 0.3) is 28.2 Å². The minimum absolute atomic E-state index is 0.186. The van der Waals surface area contributed by atoms with Crippen molar-refractivity contribution in [3.8, 4) is 23.2 Å². The summed E-state index contributed by atoms with van der Waals surface area (Å²) in [6.45, 7) is -0.201. The molecule has 0 saturated carbocycles. The number of hydrogen-bond acceptors (Lipinski definition) is 6. The highest BCUT2D eigenvalue weighted by molar-refractivity contribution is 5.92. The second-order valence-electron chi connectivity index (χ2n) is 8.32. The normalized spacial score (nSPS) is 12.6. The zero-order valence-electron chi connectivity index (χ0n) is 18.7. The summed E-state index contributed by atoms with van der Waals surface area (Å²) in [5.74, 6) is 1.31. The molecule has 0 radical (unpaired) electrons. The number of ether oxygens (including phenoxy) is 1. The van der Waals surface area contributed by atoms with Gasteiger partial charge in [-0.2, -0.15) is 9.78 Å². The number of fused-ring (bicyclic) bond motifs is 2. The summed E-state index contributed by atoms with van der Waals surface area (Å²) < 4.78 is 12.6. The lowest BCUT2D eigenvalue weighted by atomic mass is 10.1. The van der Waals surface area contributed by atoms with E-state index in [0.717, 1.165) is 29.3 Å². The van der Waals surface area contributed by atoms with E-state index in [1.54, 1.807) is 24.5 Å². The predicted octanol–water partition coefficient (Wildman–Crippen LogP) is 3.88. The fourth-order valence-electron chi connectivity index (χ4n) is 4.29. The van der Waals surface area contributed by atoms with Gasteiger partial charge in [0.15, 0.2) is 12.4 Å². The van der Waals surface area contributed by atoms with E-state index in [-0.39, 0.29) is 24.0 Å².